The van der Waals surface area contributed by atoms with Gasteiger partial charge < -0.3 is 15.7 Å². The van der Waals surface area contributed by atoms with E-state index in [-0.39, 0.29) is 12.1 Å². The third kappa shape index (κ3) is 3.72. The minimum atomic E-state index is -0.988. The molecule has 16 heavy (non-hydrogen) atoms. The molecule has 2 amide bonds. The van der Waals surface area contributed by atoms with Crippen LogP contribution in [0.5, 0.6) is 0 Å². The summed E-state index contributed by atoms with van der Waals surface area (Å²) >= 11 is 0. The van der Waals surface area contributed by atoms with Crippen LogP contribution in [0, 0.1) is 5.92 Å². The van der Waals surface area contributed by atoms with Gasteiger partial charge in [-0.05, 0) is 31.6 Å². The summed E-state index contributed by atoms with van der Waals surface area (Å²) in [6.45, 7) is 3.89. The molecule has 5 heteroatoms. The summed E-state index contributed by atoms with van der Waals surface area (Å²) in [5.74, 6) is -0.343. The Kier molecular flexibility index (Phi) is 4.58. The molecule has 92 valence electrons. The van der Waals surface area contributed by atoms with E-state index in [1.165, 1.54) is 0 Å². The molecule has 0 aromatic heterocycles. The molecule has 0 radical (unpaired) electrons. The Hall–Kier alpha value is -1.26. The fourth-order valence-electron chi connectivity index (χ4n) is 2.06. The van der Waals surface area contributed by atoms with E-state index in [0.29, 0.717) is 12.3 Å². The molecule has 5 nitrogen and oxygen atoms in total. The van der Waals surface area contributed by atoms with E-state index in [0.717, 1.165) is 19.3 Å². The molecule has 0 aliphatic heterocycles. The second-order valence-electron chi connectivity index (χ2n) is 4.53. The van der Waals surface area contributed by atoms with Gasteiger partial charge in [-0.15, -0.1) is 0 Å². The predicted molar refractivity (Wildman–Crippen MR) is 60.2 cm³/mol. The molecule has 2 unspecified atom stereocenters. The standard InChI is InChI=1S/C11H20N2O3/c1-3-9(10(14)15)13-11(16)12-8-5-4-7(2)6-8/h7-9H,3-6H2,1-2H3,(H,14,15)(H2,12,13,16)/t7?,8?,9-/m1/s1. The molecule has 1 aliphatic carbocycles. The topological polar surface area (TPSA) is 78.4 Å². The van der Waals surface area contributed by atoms with E-state index in [9.17, 15) is 9.59 Å². The van der Waals surface area contributed by atoms with Gasteiger partial charge in [-0.3, -0.25) is 0 Å². The summed E-state index contributed by atoms with van der Waals surface area (Å²) in [4.78, 5) is 22.2. The number of hydrogen-bond acceptors (Lipinski definition) is 2. The van der Waals surface area contributed by atoms with Gasteiger partial charge in [0.15, 0.2) is 0 Å². The molecule has 1 saturated carbocycles. The first kappa shape index (κ1) is 12.8. The highest BCUT2D eigenvalue weighted by atomic mass is 16.4. The number of nitrogens with one attached hydrogen (secondary N) is 2. The molecule has 0 heterocycles. The van der Waals surface area contributed by atoms with Crippen LogP contribution in [0.1, 0.15) is 39.5 Å². The highest BCUT2D eigenvalue weighted by Gasteiger charge is 2.24. The van der Waals surface area contributed by atoms with Crippen molar-refractivity contribution >= 4 is 12.0 Å². The minimum absolute atomic E-state index is 0.196. The van der Waals surface area contributed by atoms with Crippen LogP contribution in [-0.4, -0.2) is 29.2 Å². The zero-order chi connectivity index (χ0) is 12.1. The van der Waals surface area contributed by atoms with Crippen LogP contribution in [0.4, 0.5) is 4.79 Å². The Morgan fingerprint density at radius 3 is 2.56 bits per heavy atom. The van der Waals surface area contributed by atoms with Gasteiger partial charge in [-0.25, -0.2) is 9.59 Å². The van der Waals surface area contributed by atoms with E-state index in [2.05, 4.69) is 17.6 Å². The zero-order valence-electron chi connectivity index (χ0n) is 9.82. The molecule has 0 aromatic rings. The summed E-state index contributed by atoms with van der Waals surface area (Å²) in [7, 11) is 0. The molecular weight excluding hydrogens is 208 g/mol. The lowest BCUT2D eigenvalue weighted by Gasteiger charge is -2.16. The monoisotopic (exact) mass is 228 g/mol. The summed E-state index contributed by atoms with van der Waals surface area (Å²) in [5.41, 5.74) is 0. The molecule has 0 bridgehead atoms. The van der Waals surface area contributed by atoms with Crippen LogP contribution in [0.2, 0.25) is 0 Å². The SMILES string of the molecule is CC[C@@H](NC(=O)NC1CCC(C)C1)C(=O)O. The van der Waals surface area contributed by atoms with E-state index in [1.807, 2.05) is 0 Å². The van der Waals surface area contributed by atoms with Crippen molar-refractivity contribution in [2.45, 2.75) is 51.6 Å². The van der Waals surface area contributed by atoms with Gasteiger partial charge in [0.05, 0.1) is 0 Å². The largest absolute Gasteiger partial charge is 0.480 e. The van der Waals surface area contributed by atoms with Crippen molar-refractivity contribution < 1.29 is 14.7 Å². The molecule has 0 spiro atoms. The number of rotatable bonds is 4. The lowest BCUT2D eigenvalue weighted by molar-refractivity contribution is -0.139. The van der Waals surface area contributed by atoms with Gasteiger partial charge in [0.25, 0.3) is 0 Å². The molecule has 0 aromatic carbocycles. The Labute approximate surface area is 95.6 Å². The minimum Gasteiger partial charge on any atom is -0.480 e. The van der Waals surface area contributed by atoms with Crippen molar-refractivity contribution in [1.29, 1.82) is 0 Å². The maximum Gasteiger partial charge on any atom is 0.326 e. The van der Waals surface area contributed by atoms with Crippen molar-refractivity contribution in [2.75, 3.05) is 0 Å². The van der Waals surface area contributed by atoms with E-state index >= 15 is 0 Å². The lowest BCUT2D eigenvalue weighted by Crippen LogP contribution is -2.48. The summed E-state index contributed by atoms with van der Waals surface area (Å²) in [5, 5.41) is 14.1. The average molecular weight is 228 g/mol. The van der Waals surface area contributed by atoms with Crippen molar-refractivity contribution in [3.8, 4) is 0 Å². The quantitative estimate of drug-likeness (QED) is 0.679. The summed E-state index contributed by atoms with van der Waals surface area (Å²) in [6, 6.07) is -0.964. The second-order valence-corrected chi connectivity index (χ2v) is 4.53. The molecule has 3 N–H and O–H groups in total. The lowest BCUT2D eigenvalue weighted by atomic mass is 10.1. The third-order valence-electron chi connectivity index (χ3n) is 3.04. The van der Waals surface area contributed by atoms with Crippen LogP contribution in [0.15, 0.2) is 0 Å². The molecule has 0 saturated heterocycles. The van der Waals surface area contributed by atoms with Crippen LogP contribution in [0.25, 0.3) is 0 Å². The normalized spacial score (nSPS) is 26.1. The van der Waals surface area contributed by atoms with Gasteiger partial charge >= 0.3 is 12.0 Å². The summed E-state index contributed by atoms with van der Waals surface area (Å²) in [6.07, 6.45) is 3.49. The van der Waals surface area contributed by atoms with Gasteiger partial charge in [-0.1, -0.05) is 13.8 Å². The first-order valence-corrected chi connectivity index (χ1v) is 5.82. The molecular formula is C11H20N2O3. The van der Waals surface area contributed by atoms with Crippen LogP contribution in [-0.2, 0) is 4.79 Å². The van der Waals surface area contributed by atoms with Crippen LogP contribution >= 0.6 is 0 Å². The van der Waals surface area contributed by atoms with Gasteiger partial charge in [0, 0.05) is 6.04 Å². The molecule has 1 fully saturated rings. The Morgan fingerprint density at radius 1 is 1.44 bits per heavy atom. The van der Waals surface area contributed by atoms with E-state index in [1.54, 1.807) is 6.92 Å². The first-order chi connectivity index (χ1) is 7.52. The summed E-state index contributed by atoms with van der Waals surface area (Å²) < 4.78 is 0. The van der Waals surface area contributed by atoms with Gasteiger partial charge in [-0.2, -0.15) is 0 Å². The number of carboxylic acids is 1. The molecule has 3 atom stereocenters. The van der Waals surface area contributed by atoms with E-state index < -0.39 is 12.0 Å². The molecule has 1 aliphatic rings. The van der Waals surface area contributed by atoms with E-state index in [4.69, 9.17) is 5.11 Å². The predicted octanol–water partition coefficient (Wildman–Crippen LogP) is 1.34. The number of amides is 2. The molecule has 1 rings (SSSR count). The average Bonchev–Trinajstić information content (AvgIpc) is 2.60. The van der Waals surface area contributed by atoms with Crippen molar-refractivity contribution in [2.24, 2.45) is 5.92 Å². The zero-order valence-corrected chi connectivity index (χ0v) is 9.82. The van der Waals surface area contributed by atoms with Crippen LogP contribution in [0.3, 0.4) is 0 Å². The fraction of sp³-hybridized carbons (Fsp3) is 0.818. The smallest absolute Gasteiger partial charge is 0.326 e. The van der Waals surface area contributed by atoms with Gasteiger partial charge in [0.1, 0.15) is 6.04 Å². The fourth-order valence-corrected chi connectivity index (χ4v) is 2.06. The number of carboxylic acid groups (broad SMARTS) is 1. The number of urea groups is 1. The van der Waals surface area contributed by atoms with Gasteiger partial charge in [0.2, 0.25) is 0 Å². The van der Waals surface area contributed by atoms with Crippen molar-refractivity contribution in [3.05, 3.63) is 0 Å². The Morgan fingerprint density at radius 2 is 2.12 bits per heavy atom. The highest BCUT2D eigenvalue weighted by Crippen LogP contribution is 2.24. The maximum absolute atomic E-state index is 11.5. The number of hydrogen-bond donors (Lipinski definition) is 3. The number of aliphatic carboxylic acids is 1. The third-order valence-corrected chi connectivity index (χ3v) is 3.04. The Balaban J connectivity index is 2.32. The highest BCUT2D eigenvalue weighted by molar-refractivity contribution is 5.82. The van der Waals surface area contributed by atoms with Crippen molar-refractivity contribution in [3.63, 3.8) is 0 Å². The van der Waals surface area contributed by atoms with Crippen molar-refractivity contribution in [1.82, 2.24) is 10.6 Å². The van der Waals surface area contributed by atoms with Crippen LogP contribution < -0.4 is 10.6 Å². The number of carbonyl (C=O) groups excluding carboxylic acids is 1. The number of carbonyl (C=O) groups is 2. The first-order valence-electron chi connectivity index (χ1n) is 5.82. The Bertz CT molecular complexity index is 268. The second kappa shape index (κ2) is 5.72. The maximum atomic E-state index is 11.5.